The van der Waals surface area contributed by atoms with E-state index in [2.05, 4.69) is 10.1 Å². The summed E-state index contributed by atoms with van der Waals surface area (Å²) in [5.41, 5.74) is 2.34. The van der Waals surface area contributed by atoms with E-state index in [0.717, 1.165) is 11.1 Å². The Morgan fingerprint density at radius 3 is 2.39 bits per heavy atom. The lowest BCUT2D eigenvalue weighted by atomic mass is 10.1. The summed E-state index contributed by atoms with van der Waals surface area (Å²) in [5, 5.41) is 2.68. The number of ether oxygens (including phenoxy) is 1. The van der Waals surface area contributed by atoms with E-state index in [4.69, 9.17) is 0 Å². The molecule has 1 aliphatic heterocycles. The smallest absolute Gasteiger partial charge is 0.387 e. The highest BCUT2D eigenvalue weighted by Gasteiger charge is 2.30. The average molecular weight is 454 g/mol. The molecule has 2 amide bonds. The first kappa shape index (κ1) is 23.0. The molecule has 0 aliphatic carbocycles. The van der Waals surface area contributed by atoms with Crippen molar-refractivity contribution < 1.29 is 26.7 Å². The maximum atomic E-state index is 12.9. The van der Waals surface area contributed by atoms with Crippen LogP contribution in [-0.2, 0) is 16.6 Å². The molecule has 2 aromatic rings. The van der Waals surface area contributed by atoms with E-state index in [-0.39, 0.29) is 43.4 Å². The second-order valence-electron chi connectivity index (χ2n) is 7.28. The van der Waals surface area contributed by atoms with Gasteiger partial charge in [0.15, 0.2) is 0 Å². The van der Waals surface area contributed by atoms with Crippen molar-refractivity contribution in [2.75, 3.05) is 26.2 Å². The number of hydrogen-bond acceptors (Lipinski definition) is 4. The summed E-state index contributed by atoms with van der Waals surface area (Å²) >= 11 is 0. The van der Waals surface area contributed by atoms with Gasteiger partial charge in [-0.3, -0.25) is 0 Å². The zero-order valence-corrected chi connectivity index (χ0v) is 18.2. The molecule has 1 saturated heterocycles. The van der Waals surface area contributed by atoms with Crippen molar-refractivity contribution in [3.8, 4) is 5.75 Å². The lowest BCUT2D eigenvalue weighted by Crippen LogP contribution is -2.52. The molecule has 0 aromatic heterocycles. The van der Waals surface area contributed by atoms with E-state index < -0.39 is 22.7 Å². The third kappa shape index (κ3) is 5.50. The van der Waals surface area contributed by atoms with E-state index >= 15 is 0 Å². The quantitative estimate of drug-likeness (QED) is 0.729. The highest BCUT2D eigenvalue weighted by molar-refractivity contribution is 7.89. The van der Waals surface area contributed by atoms with E-state index in [1.807, 2.05) is 13.8 Å². The number of alkyl halides is 2. The molecule has 1 N–H and O–H groups in total. The largest absolute Gasteiger partial charge is 0.434 e. The van der Waals surface area contributed by atoms with Crippen LogP contribution in [0.1, 0.15) is 16.7 Å². The topological polar surface area (TPSA) is 79.0 Å². The zero-order chi connectivity index (χ0) is 22.6. The third-order valence-corrected chi connectivity index (χ3v) is 7.16. The van der Waals surface area contributed by atoms with Crippen molar-refractivity contribution in [1.82, 2.24) is 14.5 Å². The first-order valence-corrected chi connectivity index (χ1v) is 11.3. The van der Waals surface area contributed by atoms with Crippen LogP contribution >= 0.6 is 0 Å². The molecule has 0 spiro atoms. The van der Waals surface area contributed by atoms with Crippen molar-refractivity contribution in [2.45, 2.75) is 31.9 Å². The van der Waals surface area contributed by atoms with Gasteiger partial charge in [0.25, 0.3) is 0 Å². The van der Waals surface area contributed by atoms with Gasteiger partial charge in [0.1, 0.15) is 5.75 Å². The minimum absolute atomic E-state index is 0.00195. The van der Waals surface area contributed by atoms with Crippen molar-refractivity contribution in [2.24, 2.45) is 0 Å². The van der Waals surface area contributed by atoms with Crippen molar-refractivity contribution in [3.63, 3.8) is 0 Å². The fourth-order valence-electron chi connectivity index (χ4n) is 3.30. The number of carbonyl (C=O) groups excluding carboxylic acids is 1. The first-order valence-electron chi connectivity index (χ1n) is 9.81. The molecule has 31 heavy (non-hydrogen) atoms. The Balaban J connectivity index is 1.57. The van der Waals surface area contributed by atoms with Gasteiger partial charge in [0, 0.05) is 38.3 Å². The van der Waals surface area contributed by atoms with Crippen molar-refractivity contribution in [1.29, 1.82) is 0 Å². The van der Waals surface area contributed by atoms with Crippen LogP contribution < -0.4 is 10.1 Å². The highest BCUT2D eigenvalue weighted by Crippen LogP contribution is 2.22. The Morgan fingerprint density at radius 1 is 1.06 bits per heavy atom. The molecule has 0 saturated carbocycles. The summed E-state index contributed by atoms with van der Waals surface area (Å²) in [6.45, 7) is 1.65. The molecule has 0 atom stereocenters. The number of para-hydroxylation sites is 1. The van der Waals surface area contributed by atoms with Gasteiger partial charge in [-0.15, -0.1) is 0 Å². The minimum Gasteiger partial charge on any atom is -0.434 e. The van der Waals surface area contributed by atoms with E-state index in [1.165, 1.54) is 15.3 Å². The Morgan fingerprint density at radius 2 is 1.74 bits per heavy atom. The molecule has 2 aromatic carbocycles. The van der Waals surface area contributed by atoms with Gasteiger partial charge in [-0.2, -0.15) is 13.1 Å². The number of sulfonamides is 1. The van der Waals surface area contributed by atoms with Crippen LogP contribution in [0.15, 0.2) is 47.4 Å². The SMILES string of the molecule is Cc1ccc(S(=O)(=O)N2CCN(C(=O)NCc3ccccc3OC(F)F)CC2)cc1C. The summed E-state index contributed by atoms with van der Waals surface area (Å²) in [4.78, 5) is 14.2. The Hall–Kier alpha value is -2.72. The number of hydrogen-bond donors (Lipinski definition) is 1. The van der Waals surface area contributed by atoms with Gasteiger partial charge in [0.05, 0.1) is 4.90 Å². The first-order chi connectivity index (χ1) is 14.7. The maximum Gasteiger partial charge on any atom is 0.387 e. The molecule has 10 heteroatoms. The van der Waals surface area contributed by atoms with E-state index in [0.29, 0.717) is 5.56 Å². The summed E-state index contributed by atoms with van der Waals surface area (Å²) in [6.07, 6.45) is 0. The van der Waals surface area contributed by atoms with Crippen LogP contribution in [0.3, 0.4) is 0 Å². The molecule has 0 bridgehead atoms. The number of amides is 2. The van der Waals surface area contributed by atoms with Crippen LogP contribution in [-0.4, -0.2) is 56.4 Å². The van der Waals surface area contributed by atoms with Gasteiger partial charge in [-0.05, 0) is 43.2 Å². The average Bonchev–Trinajstić information content (AvgIpc) is 2.74. The molecular weight excluding hydrogens is 428 g/mol. The molecular formula is C21H25F2N3O4S. The van der Waals surface area contributed by atoms with Gasteiger partial charge in [0.2, 0.25) is 10.0 Å². The predicted molar refractivity (Wildman–Crippen MR) is 112 cm³/mol. The van der Waals surface area contributed by atoms with Crippen LogP contribution in [0.25, 0.3) is 0 Å². The number of nitrogens with one attached hydrogen (secondary N) is 1. The molecule has 0 radical (unpaired) electrons. The molecule has 7 nitrogen and oxygen atoms in total. The highest BCUT2D eigenvalue weighted by atomic mass is 32.2. The number of benzene rings is 2. The summed E-state index contributed by atoms with van der Waals surface area (Å²) in [6, 6.07) is 10.9. The van der Waals surface area contributed by atoms with Gasteiger partial charge in [-0.25, -0.2) is 13.2 Å². The Labute approximate surface area is 180 Å². The lowest BCUT2D eigenvalue weighted by Gasteiger charge is -2.34. The van der Waals surface area contributed by atoms with Gasteiger partial charge >= 0.3 is 12.6 Å². The molecule has 1 fully saturated rings. The van der Waals surface area contributed by atoms with Gasteiger partial charge < -0.3 is 15.0 Å². The number of piperazine rings is 1. The Bertz CT molecular complexity index is 1040. The second kappa shape index (κ2) is 9.61. The summed E-state index contributed by atoms with van der Waals surface area (Å²) < 4.78 is 56.7. The summed E-state index contributed by atoms with van der Waals surface area (Å²) in [5.74, 6) is 0.00195. The number of carbonyl (C=O) groups is 1. The molecule has 1 heterocycles. The van der Waals surface area contributed by atoms with Gasteiger partial charge in [-0.1, -0.05) is 24.3 Å². The normalized spacial score (nSPS) is 15.2. The van der Waals surface area contributed by atoms with Crippen LogP contribution in [0, 0.1) is 13.8 Å². The predicted octanol–water partition coefficient (Wildman–Crippen LogP) is 3.12. The monoisotopic (exact) mass is 453 g/mol. The fourth-order valence-corrected chi connectivity index (χ4v) is 4.81. The number of urea groups is 1. The third-order valence-electron chi connectivity index (χ3n) is 5.26. The standard InChI is InChI=1S/C21H25F2N3O4S/c1-15-7-8-18(13-16(15)2)31(28,29)26-11-9-25(10-12-26)21(27)24-14-17-5-3-4-6-19(17)30-20(22)23/h3-8,13,20H,9-12,14H2,1-2H3,(H,24,27). The molecule has 3 rings (SSSR count). The lowest BCUT2D eigenvalue weighted by molar-refractivity contribution is -0.0504. The maximum absolute atomic E-state index is 12.9. The number of nitrogens with zero attached hydrogens (tertiary/aromatic N) is 2. The zero-order valence-electron chi connectivity index (χ0n) is 17.3. The van der Waals surface area contributed by atoms with E-state index in [9.17, 15) is 22.0 Å². The second-order valence-corrected chi connectivity index (χ2v) is 9.22. The molecule has 1 aliphatic rings. The number of rotatable bonds is 6. The molecule has 0 unspecified atom stereocenters. The fraction of sp³-hybridized carbons (Fsp3) is 0.381. The van der Waals surface area contributed by atoms with E-state index in [1.54, 1.807) is 36.4 Å². The van der Waals surface area contributed by atoms with Crippen LogP contribution in [0.5, 0.6) is 5.75 Å². The van der Waals surface area contributed by atoms with Crippen molar-refractivity contribution >= 4 is 16.1 Å². The number of halogens is 2. The van der Waals surface area contributed by atoms with Crippen LogP contribution in [0.4, 0.5) is 13.6 Å². The minimum atomic E-state index is -3.64. The number of aryl methyl sites for hydroxylation is 2. The Kier molecular flexibility index (Phi) is 7.11. The summed E-state index contributed by atoms with van der Waals surface area (Å²) in [7, 11) is -3.64. The van der Waals surface area contributed by atoms with Crippen molar-refractivity contribution in [3.05, 3.63) is 59.2 Å². The van der Waals surface area contributed by atoms with Crippen LogP contribution in [0.2, 0.25) is 0 Å². The molecule has 168 valence electrons.